The zero-order chi connectivity index (χ0) is 66.8. The second-order valence-electron chi connectivity index (χ2n) is 26.1. The topological polar surface area (TPSA) is 296 Å². The van der Waals surface area contributed by atoms with E-state index in [1.165, 1.54) is 114 Å². The van der Waals surface area contributed by atoms with E-state index < -0.39 is 156 Å². The molecule has 0 aromatic carbocycles. The second kappa shape index (κ2) is 34.8. The summed E-state index contributed by atoms with van der Waals surface area (Å²) in [5, 5.41) is 22.9. The van der Waals surface area contributed by atoms with Gasteiger partial charge < -0.3 is 60.7 Å². The number of likely N-dealkylation sites (N-methyl/N-ethyl adjacent to an activating group) is 7. The summed E-state index contributed by atoms with van der Waals surface area (Å²) in [6, 6.07) is -12.7. The van der Waals surface area contributed by atoms with Crippen molar-refractivity contribution in [3.63, 3.8) is 0 Å². The van der Waals surface area contributed by atoms with E-state index in [4.69, 9.17) is 0 Å². The van der Waals surface area contributed by atoms with Gasteiger partial charge in [-0.2, -0.15) is 0 Å². The van der Waals surface area contributed by atoms with Crippen molar-refractivity contribution in [3.8, 4) is 0 Å². The molecule has 0 aromatic rings. The normalized spacial score (nSPS) is 26.7. The molecule has 0 aromatic heterocycles. The highest BCUT2D eigenvalue weighted by molar-refractivity contribution is 5.99. The summed E-state index contributed by atoms with van der Waals surface area (Å²) in [5.41, 5.74) is 0. The zero-order valence-electron chi connectivity index (χ0n) is 56.3. The summed E-state index contributed by atoms with van der Waals surface area (Å²) in [4.78, 5) is 180. The van der Waals surface area contributed by atoms with Gasteiger partial charge in [0.2, 0.25) is 65.0 Å². The first-order chi connectivity index (χ1) is 39.6. The third-order valence-corrected chi connectivity index (χ3v) is 15.9. The Bertz CT molecular complexity index is 2410. The van der Waals surface area contributed by atoms with E-state index >= 15 is 9.59 Å². The maximum Gasteiger partial charge on any atom is 0.246 e. The van der Waals surface area contributed by atoms with Crippen LogP contribution >= 0.6 is 0 Å². The summed E-state index contributed by atoms with van der Waals surface area (Å²) in [5.74, 6) is -10.9. The molecule has 1 saturated heterocycles. The van der Waals surface area contributed by atoms with Crippen LogP contribution in [-0.2, 0) is 57.5 Å². The molecule has 24 heteroatoms. The predicted octanol–water partition coefficient (Wildman–Crippen LogP) is 2.45. The highest BCUT2D eigenvalue weighted by Crippen LogP contribution is 2.25. The van der Waals surface area contributed by atoms with Crippen LogP contribution in [0.25, 0.3) is 0 Å². The van der Waals surface area contributed by atoms with Crippen molar-refractivity contribution < 1.29 is 62.6 Å². The molecule has 1 fully saturated rings. The average molecular weight is 1220 g/mol. The number of rotatable bonds is 15. The molecule has 1 aliphatic heterocycles. The third kappa shape index (κ3) is 21.7. The fourth-order valence-electron chi connectivity index (χ4n) is 10.6. The minimum atomic E-state index is -1.75. The van der Waals surface area contributed by atoms with Gasteiger partial charge in [0, 0.05) is 55.3 Å². The molecule has 490 valence electrons. The van der Waals surface area contributed by atoms with Gasteiger partial charge in [-0.3, -0.25) is 57.5 Å². The lowest BCUT2D eigenvalue weighted by Gasteiger charge is -2.41. The Morgan fingerprint density at radius 3 is 1.33 bits per heavy atom. The number of ketones is 1. The van der Waals surface area contributed by atoms with Crippen molar-refractivity contribution in [2.75, 3.05) is 55.9 Å². The number of carbonyl (C=O) groups is 12. The van der Waals surface area contributed by atoms with Gasteiger partial charge in [0.25, 0.3) is 0 Å². The molecule has 0 unspecified atom stereocenters. The van der Waals surface area contributed by atoms with Crippen LogP contribution in [0.3, 0.4) is 0 Å². The molecule has 0 bridgehead atoms. The molecule has 0 saturated carbocycles. The van der Waals surface area contributed by atoms with Crippen molar-refractivity contribution in [1.82, 2.24) is 55.6 Å². The first-order valence-electron chi connectivity index (χ1n) is 30.5. The first-order valence-corrected chi connectivity index (χ1v) is 30.5. The number of nitrogens with zero attached hydrogens (tertiary/aromatic N) is 7. The molecule has 0 radical (unpaired) electrons. The van der Waals surface area contributed by atoms with Crippen LogP contribution in [0.2, 0.25) is 0 Å². The standard InChI is InChI=1S/C62H109N11O13/c1-25-43-58(82)67(18)32-48(75)68(19)44(28-33(2)3)55(79)66-49(37(10)11)61(85)69(20)45(29-34(4)5)54(78)63-41(16)53(77)64-42(17)57(81)70(21)46(30-35(6)7)59(83)71(22)47(31-36(8)9)60(84)72(23)50(38(12)13)62(86)73(24)51(56(80)65-43)52(76)39(14)26-27-40(15)74/h26-27,33-39,41-47,49-52,76H,25,28-32H2,1-24H3,(H,63,78)(H,64,77)(H,65,80)(H,66,79)/b27-26+/t39-,41+,42-,43+,44+,45+,46+,47+,49+,50+,51+,52-/m1/s1. The molecule has 0 aliphatic carbocycles. The largest absolute Gasteiger partial charge is 0.390 e. The van der Waals surface area contributed by atoms with Crippen LogP contribution in [0.4, 0.5) is 0 Å². The minimum absolute atomic E-state index is 0.0271. The number of aliphatic hydroxyl groups excluding tert-OH is 1. The quantitative estimate of drug-likeness (QED) is 0.148. The van der Waals surface area contributed by atoms with Gasteiger partial charge in [-0.05, 0) is 94.5 Å². The Hall–Kier alpha value is -6.46. The van der Waals surface area contributed by atoms with E-state index in [1.54, 1.807) is 34.6 Å². The van der Waals surface area contributed by atoms with Gasteiger partial charge in [0.1, 0.15) is 60.4 Å². The summed E-state index contributed by atoms with van der Waals surface area (Å²) < 4.78 is 0. The van der Waals surface area contributed by atoms with Gasteiger partial charge in [0.05, 0.1) is 12.6 Å². The molecule has 1 heterocycles. The number of aliphatic hydroxyl groups is 1. The van der Waals surface area contributed by atoms with E-state index in [1.807, 2.05) is 55.4 Å². The molecular formula is C62H109N11O13. The van der Waals surface area contributed by atoms with E-state index in [0.29, 0.717) is 0 Å². The molecule has 11 amide bonds. The third-order valence-electron chi connectivity index (χ3n) is 15.9. The van der Waals surface area contributed by atoms with Gasteiger partial charge >= 0.3 is 0 Å². The second-order valence-corrected chi connectivity index (χ2v) is 26.1. The zero-order valence-corrected chi connectivity index (χ0v) is 56.3. The van der Waals surface area contributed by atoms with Gasteiger partial charge in [-0.25, -0.2) is 0 Å². The molecule has 5 N–H and O–H groups in total. The smallest absolute Gasteiger partial charge is 0.246 e. The number of hydrogen-bond acceptors (Lipinski definition) is 13. The maximum atomic E-state index is 15.1. The molecule has 24 nitrogen and oxygen atoms in total. The highest BCUT2D eigenvalue weighted by atomic mass is 16.3. The van der Waals surface area contributed by atoms with Gasteiger partial charge in [0.15, 0.2) is 5.78 Å². The van der Waals surface area contributed by atoms with Gasteiger partial charge in [-0.15, -0.1) is 0 Å². The molecule has 12 atom stereocenters. The van der Waals surface area contributed by atoms with E-state index in [0.717, 1.165) is 9.80 Å². The fraction of sp³-hybridized carbons (Fsp3) is 0.774. The Labute approximate surface area is 513 Å². The fourth-order valence-corrected chi connectivity index (χ4v) is 10.6. The number of carbonyl (C=O) groups excluding carboxylic acids is 12. The summed E-state index contributed by atoms with van der Waals surface area (Å²) >= 11 is 0. The van der Waals surface area contributed by atoms with Crippen LogP contribution in [-0.4, -0.2) is 233 Å². The van der Waals surface area contributed by atoms with E-state index in [-0.39, 0.29) is 61.6 Å². The first kappa shape index (κ1) is 77.6. The van der Waals surface area contributed by atoms with Gasteiger partial charge in [-0.1, -0.05) is 103 Å². The Balaban J connectivity index is 4.35. The van der Waals surface area contributed by atoms with Crippen LogP contribution in [0.5, 0.6) is 0 Å². The Kier molecular flexibility index (Phi) is 31.4. The van der Waals surface area contributed by atoms with Crippen LogP contribution < -0.4 is 21.3 Å². The number of nitrogens with one attached hydrogen (secondary N) is 4. The predicted molar refractivity (Wildman–Crippen MR) is 329 cm³/mol. The van der Waals surface area contributed by atoms with Crippen LogP contribution in [0, 0.1) is 41.4 Å². The van der Waals surface area contributed by atoms with Crippen LogP contribution in [0.15, 0.2) is 12.2 Å². The lowest BCUT2D eigenvalue weighted by molar-refractivity contribution is -0.157. The molecular weight excluding hydrogens is 1110 g/mol. The summed E-state index contributed by atoms with van der Waals surface area (Å²) in [6.45, 7) is 28.3. The highest BCUT2D eigenvalue weighted by Gasteiger charge is 2.45. The lowest BCUT2D eigenvalue weighted by Crippen LogP contribution is -2.63. The lowest BCUT2D eigenvalue weighted by atomic mass is 9.92. The molecule has 0 spiro atoms. The minimum Gasteiger partial charge on any atom is -0.390 e. The van der Waals surface area contributed by atoms with Crippen molar-refractivity contribution in [3.05, 3.63) is 12.2 Å². The Morgan fingerprint density at radius 2 is 0.884 bits per heavy atom. The summed E-state index contributed by atoms with van der Waals surface area (Å²) in [6.07, 6.45) is 1.40. The van der Waals surface area contributed by atoms with Crippen molar-refractivity contribution in [2.24, 2.45) is 41.4 Å². The molecule has 1 rings (SSSR count). The summed E-state index contributed by atoms with van der Waals surface area (Å²) in [7, 11) is 9.70. The van der Waals surface area contributed by atoms with Crippen LogP contribution in [0.1, 0.15) is 150 Å². The molecule has 1 aliphatic rings. The SMILES string of the molecule is CC[C@@H]1NC(=O)[C@H]([C@H](O)[C@H](C)/C=C/C(C)=O)N(C)C(=O)[C@H](C(C)C)N(C)C(=O)[C@H](CC(C)C)N(C)C(=O)[C@H](CC(C)C)N(C)C(=O)[C@@H](C)NC(=O)[C@H](C)NC(=O)[C@H](CC(C)C)N(C)C(=O)[C@H](C(C)C)NC(=O)[C@H](CC(C)C)N(C)C(=O)CN(C)C1=O. The maximum absolute atomic E-state index is 15.1. The monoisotopic (exact) mass is 1220 g/mol. The number of amides is 11. The van der Waals surface area contributed by atoms with E-state index in [2.05, 4.69) is 21.3 Å². The number of hydrogen-bond donors (Lipinski definition) is 5. The molecule has 86 heavy (non-hydrogen) atoms. The Morgan fingerprint density at radius 1 is 0.477 bits per heavy atom. The average Bonchev–Trinajstić information content (AvgIpc) is 2.57. The number of allylic oxidation sites excluding steroid dienone is 1. The van der Waals surface area contributed by atoms with Crippen molar-refractivity contribution >= 4 is 70.8 Å². The van der Waals surface area contributed by atoms with E-state index in [9.17, 15) is 53.1 Å². The van der Waals surface area contributed by atoms with Crippen molar-refractivity contribution in [1.29, 1.82) is 0 Å². The van der Waals surface area contributed by atoms with Crippen molar-refractivity contribution in [2.45, 2.75) is 216 Å².